The molecule has 0 saturated heterocycles. The summed E-state index contributed by atoms with van der Waals surface area (Å²) in [4.78, 5) is 14.8. The summed E-state index contributed by atoms with van der Waals surface area (Å²) in [5, 5.41) is 0. The van der Waals surface area contributed by atoms with Gasteiger partial charge < -0.3 is 0 Å². The molecule has 0 bridgehead atoms. The minimum Gasteiger partial charge on any atom is -0.292 e. The van der Waals surface area contributed by atoms with Crippen LogP contribution in [0.3, 0.4) is 0 Å². The maximum Gasteiger partial charge on any atom is 0.193 e. The Balaban J connectivity index is 1.72. The molecular formula is C19H19NO. The number of ketones is 1. The highest BCUT2D eigenvalue weighted by atomic mass is 16.1. The average Bonchev–Trinajstić information content (AvgIpc) is 3.00. The Hall–Kier alpha value is -2.19. The molecular weight excluding hydrogens is 258 g/mol. The molecule has 1 aliphatic rings. The van der Waals surface area contributed by atoms with Crippen LogP contribution in [0.15, 0.2) is 60.7 Å². The van der Waals surface area contributed by atoms with Gasteiger partial charge in [0, 0.05) is 30.8 Å². The second-order valence-electron chi connectivity index (χ2n) is 5.56. The third kappa shape index (κ3) is 3.29. The minimum absolute atomic E-state index is 0.0908. The zero-order valence-corrected chi connectivity index (χ0v) is 12.3. The molecule has 0 saturated carbocycles. The minimum atomic E-state index is 0.0908. The van der Waals surface area contributed by atoms with Crippen LogP contribution in [-0.4, -0.2) is 23.8 Å². The van der Waals surface area contributed by atoms with Crippen LogP contribution in [0.4, 0.5) is 0 Å². The lowest BCUT2D eigenvalue weighted by atomic mass is 10.0. The maximum absolute atomic E-state index is 12.4. The fraction of sp³-hybridized carbons (Fsp3) is 0.211. The predicted molar refractivity (Wildman–Crippen MR) is 85.5 cm³/mol. The summed E-state index contributed by atoms with van der Waals surface area (Å²) in [7, 11) is 0. The molecule has 0 atom stereocenters. The molecule has 2 aromatic rings. The number of carbonyl (C=O) groups excluding carboxylic acids is 1. The van der Waals surface area contributed by atoms with E-state index in [2.05, 4.69) is 29.2 Å². The first-order valence-corrected chi connectivity index (χ1v) is 7.30. The van der Waals surface area contributed by atoms with Gasteiger partial charge >= 0.3 is 0 Å². The second kappa shape index (κ2) is 6.06. The molecule has 0 aliphatic carbocycles. The van der Waals surface area contributed by atoms with Gasteiger partial charge in [-0.25, -0.2) is 0 Å². The average molecular weight is 277 g/mol. The quantitative estimate of drug-likeness (QED) is 0.628. The van der Waals surface area contributed by atoms with Crippen molar-refractivity contribution in [2.24, 2.45) is 0 Å². The fourth-order valence-electron chi connectivity index (χ4n) is 2.62. The molecule has 2 aromatic carbocycles. The van der Waals surface area contributed by atoms with Gasteiger partial charge in [0.15, 0.2) is 5.78 Å². The van der Waals surface area contributed by atoms with E-state index in [-0.39, 0.29) is 5.78 Å². The third-order valence-electron chi connectivity index (χ3n) is 3.80. The highest BCUT2D eigenvalue weighted by molar-refractivity contribution is 6.09. The Labute approximate surface area is 125 Å². The summed E-state index contributed by atoms with van der Waals surface area (Å²) in [6.45, 7) is 4.98. The third-order valence-corrected chi connectivity index (χ3v) is 3.80. The van der Waals surface area contributed by atoms with Gasteiger partial charge in [-0.1, -0.05) is 60.2 Å². The first-order chi connectivity index (χ1) is 10.2. The van der Waals surface area contributed by atoms with Crippen molar-refractivity contribution in [3.8, 4) is 0 Å². The Morgan fingerprint density at radius 2 is 1.71 bits per heavy atom. The number of benzene rings is 2. The molecule has 21 heavy (non-hydrogen) atoms. The van der Waals surface area contributed by atoms with Gasteiger partial charge in [-0.05, 0) is 18.6 Å². The molecule has 0 unspecified atom stereocenters. The topological polar surface area (TPSA) is 20.3 Å². The molecule has 0 N–H and O–H groups in total. The van der Waals surface area contributed by atoms with Crippen molar-refractivity contribution in [3.63, 3.8) is 0 Å². The zero-order valence-electron chi connectivity index (χ0n) is 12.3. The number of hydrogen-bond donors (Lipinski definition) is 0. The van der Waals surface area contributed by atoms with E-state index in [4.69, 9.17) is 0 Å². The van der Waals surface area contributed by atoms with Crippen LogP contribution in [0.1, 0.15) is 27.0 Å². The highest BCUT2D eigenvalue weighted by Crippen LogP contribution is 2.14. The van der Waals surface area contributed by atoms with Crippen molar-refractivity contribution in [2.75, 3.05) is 13.1 Å². The van der Waals surface area contributed by atoms with Crippen LogP contribution in [-0.2, 0) is 6.54 Å². The molecule has 2 heteroatoms. The first-order valence-electron chi connectivity index (χ1n) is 7.30. The van der Waals surface area contributed by atoms with Crippen LogP contribution >= 0.6 is 0 Å². The number of aryl methyl sites for hydroxylation is 1. The van der Waals surface area contributed by atoms with Gasteiger partial charge in [0.1, 0.15) is 0 Å². The number of nitrogens with zero attached hydrogens (tertiary/aromatic N) is 1. The van der Waals surface area contributed by atoms with E-state index in [0.29, 0.717) is 0 Å². The number of rotatable bonds is 4. The number of hydrogen-bond acceptors (Lipinski definition) is 2. The Bertz CT molecular complexity index is 662. The van der Waals surface area contributed by atoms with Crippen molar-refractivity contribution < 1.29 is 4.79 Å². The van der Waals surface area contributed by atoms with E-state index in [1.807, 2.05) is 43.3 Å². The van der Waals surface area contributed by atoms with Crippen LogP contribution in [0.25, 0.3) is 0 Å². The Kier molecular flexibility index (Phi) is 3.98. The zero-order chi connectivity index (χ0) is 14.7. The monoisotopic (exact) mass is 277 g/mol. The molecule has 0 radical (unpaired) electrons. The summed E-state index contributed by atoms with van der Waals surface area (Å²) in [5.41, 5.74) is 3.87. The Morgan fingerprint density at radius 1 is 1.00 bits per heavy atom. The maximum atomic E-state index is 12.4. The van der Waals surface area contributed by atoms with Gasteiger partial charge in [0.2, 0.25) is 0 Å². The second-order valence-corrected chi connectivity index (χ2v) is 5.56. The van der Waals surface area contributed by atoms with Crippen LogP contribution in [0.2, 0.25) is 0 Å². The molecule has 0 aromatic heterocycles. The largest absolute Gasteiger partial charge is 0.292 e. The van der Waals surface area contributed by atoms with E-state index in [0.717, 1.165) is 36.3 Å². The summed E-state index contributed by atoms with van der Waals surface area (Å²) in [6.07, 6.45) is 4.38. The van der Waals surface area contributed by atoms with Gasteiger partial charge in [-0.15, -0.1) is 0 Å². The first kappa shape index (κ1) is 13.8. The van der Waals surface area contributed by atoms with Gasteiger partial charge in [0.05, 0.1) is 0 Å². The lowest BCUT2D eigenvalue weighted by Crippen LogP contribution is -2.19. The normalized spacial score (nSPS) is 14.5. The van der Waals surface area contributed by atoms with Gasteiger partial charge in [-0.2, -0.15) is 0 Å². The van der Waals surface area contributed by atoms with Crippen LogP contribution in [0.5, 0.6) is 0 Å². The van der Waals surface area contributed by atoms with Crippen molar-refractivity contribution in [3.05, 3.63) is 82.9 Å². The molecule has 1 aliphatic heterocycles. The van der Waals surface area contributed by atoms with E-state index in [1.54, 1.807) is 0 Å². The molecule has 106 valence electrons. The number of carbonyl (C=O) groups is 1. The van der Waals surface area contributed by atoms with E-state index in [9.17, 15) is 4.79 Å². The van der Waals surface area contributed by atoms with Gasteiger partial charge in [0.25, 0.3) is 0 Å². The van der Waals surface area contributed by atoms with Crippen LogP contribution < -0.4 is 0 Å². The standard InChI is InChI=1S/C19H19NO/c1-15-5-4-6-18(13-15)19(21)17-9-7-16(8-10-17)14-20-11-2-3-12-20/h2-10,13H,11-12,14H2,1H3. The summed E-state index contributed by atoms with van der Waals surface area (Å²) in [6, 6.07) is 15.7. The molecule has 0 amide bonds. The fourth-order valence-corrected chi connectivity index (χ4v) is 2.62. The van der Waals surface area contributed by atoms with Gasteiger partial charge in [-0.3, -0.25) is 9.69 Å². The van der Waals surface area contributed by atoms with Crippen molar-refractivity contribution in [1.29, 1.82) is 0 Å². The lowest BCUT2D eigenvalue weighted by Gasteiger charge is -2.14. The van der Waals surface area contributed by atoms with Crippen molar-refractivity contribution in [2.45, 2.75) is 13.5 Å². The molecule has 0 spiro atoms. The van der Waals surface area contributed by atoms with Crippen molar-refractivity contribution in [1.82, 2.24) is 4.90 Å². The van der Waals surface area contributed by atoms with Crippen molar-refractivity contribution >= 4 is 5.78 Å². The smallest absolute Gasteiger partial charge is 0.193 e. The summed E-state index contributed by atoms with van der Waals surface area (Å²) >= 11 is 0. The molecule has 0 fully saturated rings. The van der Waals surface area contributed by atoms with E-state index < -0.39 is 0 Å². The highest BCUT2D eigenvalue weighted by Gasteiger charge is 2.10. The van der Waals surface area contributed by atoms with Crippen LogP contribution in [0, 0.1) is 6.92 Å². The summed E-state index contributed by atoms with van der Waals surface area (Å²) < 4.78 is 0. The predicted octanol–water partition coefficient (Wildman–Crippen LogP) is 3.60. The SMILES string of the molecule is Cc1cccc(C(=O)c2ccc(CN3CC=CC3)cc2)c1. The van der Waals surface area contributed by atoms with E-state index >= 15 is 0 Å². The molecule has 1 heterocycles. The Morgan fingerprint density at radius 3 is 2.38 bits per heavy atom. The lowest BCUT2D eigenvalue weighted by molar-refractivity contribution is 0.103. The summed E-state index contributed by atoms with van der Waals surface area (Å²) in [5.74, 6) is 0.0908. The van der Waals surface area contributed by atoms with E-state index in [1.165, 1.54) is 5.56 Å². The molecule has 2 nitrogen and oxygen atoms in total. The molecule has 3 rings (SSSR count).